The van der Waals surface area contributed by atoms with Crippen LogP contribution in [0.4, 0.5) is 45.5 Å². The molecule has 0 bridgehead atoms. The molecule has 0 unspecified atom stereocenters. The first-order valence-electron chi connectivity index (χ1n) is 26.9. The molecule has 0 N–H and O–H groups in total. The number of benzene rings is 11. The minimum atomic E-state index is 0.378. The number of nitrogens with zero attached hydrogens (tertiary/aromatic N) is 9. The molecule has 0 amide bonds. The zero-order valence-electron chi connectivity index (χ0n) is 44.5. The Kier molecular flexibility index (Phi) is 13.3. The van der Waals surface area contributed by atoms with Gasteiger partial charge in [-0.15, -0.1) is 0 Å². The highest BCUT2D eigenvalue weighted by Crippen LogP contribution is 2.44. The van der Waals surface area contributed by atoms with E-state index in [1.54, 1.807) is 18.2 Å². The lowest BCUT2D eigenvalue weighted by Gasteiger charge is -2.26. The lowest BCUT2D eigenvalue weighted by atomic mass is 9.92. The molecule has 0 fully saturated rings. The molecule has 13 rings (SSSR count). The van der Waals surface area contributed by atoms with Crippen molar-refractivity contribution in [2.24, 2.45) is 0 Å². The van der Waals surface area contributed by atoms with Gasteiger partial charge in [0.1, 0.15) is 0 Å². The highest BCUT2D eigenvalue weighted by Gasteiger charge is 2.23. The molecule has 0 radical (unpaired) electrons. The van der Waals surface area contributed by atoms with E-state index in [2.05, 4.69) is 170 Å². The van der Waals surface area contributed by atoms with Crippen molar-refractivity contribution in [2.75, 3.05) is 9.80 Å². The molecule has 9 nitrogen and oxygen atoms in total. The average Bonchev–Trinajstić information content (AvgIpc) is 3.23. The average molecular weight is 1060 g/mol. The van der Waals surface area contributed by atoms with Crippen molar-refractivity contribution in [1.82, 2.24) is 14.5 Å². The Labute approximate surface area is 480 Å². The predicted molar refractivity (Wildman–Crippen MR) is 335 cm³/mol. The first-order valence-corrected chi connectivity index (χ1v) is 26.9. The van der Waals surface area contributed by atoms with Crippen molar-refractivity contribution < 1.29 is 0 Å². The van der Waals surface area contributed by atoms with Crippen LogP contribution in [-0.4, -0.2) is 14.5 Å². The number of hydrogen-bond donors (Lipinski definition) is 0. The summed E-state index contributed by atoms with van der Waals surface area (Å²) < 4.78 is 2.17. The van der Waals surface area contributed by atoms with Gasteiger partial charge in [0, 0.05) is 67.3 Å². The van der Waals surface area contributed by atoms with Crippen LogP contribution in [0.3, 0.4) is 0 Å². The van der Waals surface area contributed by atoms with Crippen molar-refractivity contribution >= 4 is 67.3 Å². The first-order chi connectivity index (χ1) is 40.9. The van der Waals surface area contributed by atoms with E-state index in [0.717, 1.165) is 83.7 Å². The Bertz CT molecular complexity index is 4430. The quantitative estimate of drug-likeness (QED) is 0.113. The van der Waals surface area contributed by atoms with E-state index in [4.69, 9.17) is 23.1 Å². The molecule has 0 saturated heterocycles. The molecule has 9 heteroatoms. The molecule has 11 aromatic carbocycles. The van der Waals surface area contributed by atoms with E-state index in [1.165, 1.54) is 0 Å². The highest BCUT2D eigenvalue weighted by atomic mass is 15.1. The number of hydrogen-bond acceptors (Lipinski definition) is 6. The third-order valence-corrected chi connectivity index (χ3v) is 14.8. The maximum absolute atomic E-state index is 11.0. The largest absolute Gasteiger partial charge is 0.310 e. The van der Waals surface area contributed by atoms with Crippen molar-refractivity contribution in [1.29, 1.82) is 10.5 Å². The van der Waals surface area contributed by atoms with Crippen LogP contribution in [0.2, 0.25) is 0 Å². The van der Waals surface area contributed by atoms with Crippen LogP contribution in [-0.2, 0) is 0 Å². The normalized spacial score (nSPS) is 10.8. The Morgan fingerprint density at radius 2 is 0.747 bits per heavy atom. The topological polar surface area (TPSA) is 93.5 Å². The molecular weight excluding hydrogens is 1010 g/mol. The van der Waals surface area contributed by atoms with Crippen LogP contribution in [0.1, 0.15) is 11.1 Å². The Balaban J connectivity index is 0.887. The monoisotopic (exact) mass is 1060 g/mol. The van der Waals surface area contributed by atoms with Crippen LogP contribution in [0, 0.1) is 35.8 Å². The lowest BCUT2D eigenvalue weighted by Crippen LogP contribution is -2.09. The van der Waals surface area contributed by atoms with Gasteiger partial charge in [0.15, 0.2) is 17.2 Å². The van der Waals surface area contributed by atoms with Crippen LogP contribution in [0.5, 0.6) is 0 Å². The van der Waals surface area contributed by atoms with Gasteiger partial charge in [-0.2, -0.15) is 10.5 Å². The van der Waals surface area contributed by atoms with E-state index in [9.17, 15) is 10.5 Å². The SMILES string of the molecule is [C-]#[N+]c1cccc(-c2cc(-c3ccc(-c4ccc(-c5c(C#N)cc(-n6c7ccc(N(c8ccccc8)c8ccccc8)cc7c7cc(N(c8ccccc8)c8ccccc8)ccc76)cc5C#N)cc4)cc3)nc(-c3cccc([N+]#[C-])c3)n2)c1. The zero-order valence-corrected chi connectivity index (χ0v) is 44.5. The minimum Gasteiger partial charge on any atom is -0.310 e. The van der Waals surface area contributed by atoms with Gasteiger partial charge in [-0.1, -0.05) is 158 Å². The molecular formula is C74H45N9. The summed E-state index contributed by atoms with van der Waals surface area (Å²) >= 11 is 0. The molecule has 386 valence electrons. The number of fused-ring (bicyclic) bond motifs is 3. The molecule has 0 aliphatic heterocycles. The molecule has 0 spiro atoms. The molecule has 13 aromatic rings. The lowest BCUT2D eigenvalue weighted by molar-refractivity contribution is 1.17. The first kappa shape index (κ1) is 50.4. The number of rotatable bonds is 12. The van der Waals surface area contributed by atoms with E-state index < -0.39 is 0 Å². The highest BCUT2D eigenvalue weighted by molar-refractivity contribution is 6.12. The van der Waals surface area contributed by atoms with E-state index in [0.29, 0.717) is 56.5 Å². The van der Waals surface area contributed by atoms with Crippen LogP contribution in [0.15, 0.2) is 273 Å². The second-order valence-corrected chi connectivity index (χ2v) is 19.8. The second kappa shape index (κ2) is 21.9. The fourth-order valence-corrected chi connectivity index (χ4v) is 11.0. The number of para-hydroxylation sites is 4. The smallest absolute Gasteiger partial charge is 0.187 e. The van der Waals surface area contributed by atoms with Crippen LogP contribution < -0.4 is 9.80 Å². The van der Waals surface area contributed by atoms with E-state index >= 15 is 0 Å². The van der Waals surface area contributed by atoms with Crippen molar-refractivity contribution in [3.05, 3.63) is 307 Å². The van der Waals surface area contributed by atoms with Crippen LogP contribution in [0.25, 0.3) is 93.3 Å². The van der Waals surface area contributed by atoms with E-state index in [1.807, 2.05) is 121 Å². The Morgan fingerprint density at radius 1 is 0.349 bits per heavy atom. The van der Waals surface area contributed by atoms with Gasteiger partial charge < -0.3 is 14.4 Å². The number of anilines is 6. The third-order valence-electron chi connectivity index (χ3n) is 14.8. The summed E-state index contributed by atoms with van der Waals surface area (Å²) in [6.45, 7) is 15.2. The summed E-state index contributed by atoms with van der Waals surface area (Å²) in [7, 11) is 0. The maximum Gasteiger partial charge on any atom is 0.187 e. The molecule has 2 heterocycles. The molecule has 2 aromatic heterocycles. The molecule has 0 atom stereocenters. The zero-order chi connectivity index (χ0) is 56.2. The Morgan fingerprint density at radius 3 is 1.18 bits per heavy atom. The van der Waals surface area contributed by atoms with E-state index in [-0.39, 0.29) is 0 Å². The fourth-order valence-electron chi connectivity index (χ4n) is 11.0. The molecule has 0 aliphatic carbocycles. The summed E-state index contributed by atoms with van der Waals surface area (Å²) in [6.07, 6.45) is 0. The molecule has 0 saturated carbocycles. The summed E-state index contributed by atoms with van der Waals surface area (Å²) in [6, 6.07) is 95.9. The van der Waals surface area contributed by atoms with Gasteiger partial charge in [0.05, 0.1) is 58.8 Å². The van der Waals surface area contributed by atoms with Gasteiger partial charge in [-0.25, -0.2) is 19.7 Å². The predicted octanol–water partition coefficient (Wildman–Crippen LogP) is 19.7. The summed E-state index contributed by atoms with van der Waals surface area (Å²) in [4.78, 5) is 21.7. The van der Waals surface area contributed by atoms with Gasteiger partial charge >= 0.3 is 0 Å². The van der Waals surface area contributed by atoms with Crippen molar-refractivity contribution in [3.63, 3.8) is 0 Å². The molecule has 0 aliphatic rings. The fraction of sp³-hybridized carbons (Fsp3) is 0. The standard InChI is InChI=1S/C74H45N9/c1-77-58-19-15-17-54(41-58)70-47-69(79-74(80-70)55-18-16-20-59(42-55)78-2)52-33-29-50(30-34-52)51-31-35-53(36-32-51)73-56(48-75)43-66(44-57(73)49-76)83-71-39-37-64(81(60-21-7-3-8-22-60)61-23-9-4-10-24-61)45-67(71)68-46-65(38-40-72(68)83)82(62-25-11-5-12-26-62)63-27-13-6-14-28-63/h3-47H. The van der Waals surface area contributed by atoms with Gasteiger partial charge in [0.25, 0.3) is 0 Å². The Hall–Kier alpha value is -12.1. The van der Waals surface area contributed by atoms with Crippen LogP contribution >= 0.6 is 0 Å². The van der Waals surface area contributed by atoms with Crippen molar-refractivity contribution in [2.45, 2.75) is 0 Å². The number of aromatic nitrogens is 3. The van der Waals surface area contributed by atoms with Gasteiger partial charge in [-0.3, -0.25) is 0 Å². The maximum atomic E-state index is 11.0. The third kappa shape index (κ3) is 9.73. The van der Waals surface area contributed by atoms with Gasteiger partial charge in [0.2, 0.25) is 0 Å². The minimum absolute atomic E-state index is 0.378. The summed E-state index contributed by atoms with van der Waals surface area (Å²) in [5.41, 5.74) is 17.3. The number of nitriles is 2. The summed E-state index contributed by atoms with van der Waals surface area (Å²) in [5.74, 6) is 0.472. The summed E-state index contributed by atoms with van der Waals surface area (Å²) in [5, 5.41) is 24.1. The van der Waals surface area contributed by atoms with Gasteiger partial charge in [-0.05, 0) is 138 Å². The molecule has 83 heavy (non-hydrogen) atoms. The van der Waals surface area contributed by atoms with Crippen molar-refractivity contribution in [3.8, 4) is 74.0 Å². The second-order valence-electron chi connectivity index (χ2n) is 19.8.